The highest BCUT2D eigenvalue weighted by Gasteiger charge is 2.31. The van der Waals surface area contributed by atoms with Crippen LogP contribution < -0.4 is 15.8 Å². The molecule has 0 aliphatic heterocycles. The first kappa shape index (κ1) is 21.3. The SMILES string of the molecule is CN(C)C(=O)COc1cccc(CNC(=O)[C@@H]2CCC[C@@H]2CN)c1.Cl. The lowest BCUT2D eigenvalue weighted by Gasteiger charge is -2.17. The van der Waals surface area contributed by atoms with Crippen molar-refractivity contribution in [2.24, 2.45) is 17.6 Å². The lowest BCUT2D eigenvalue weighted by Crippen LogP contribution is -2.34. The van der Waals surface area contributed by atoms with Crippen LogP contribution in [0.2, 0.25) is 0 Å². The van der Waals surface area contributed by atoms with Gasteiger partial charge in [-0.05, 0) is 43.0 Å². The van der Waals surface area contributed by atoms with Gasteiger partial charge < -0.3 is 20.7 Å². The van der Waals surface area contributed by atoms with Gasteiger partial charge in [0.25, 0.3) is 5.91 Å². The fraction of sp³-hybridized carbons (Fsp3) is 0.556. The Morgan fingerprint density at radius 1 is 1.32 bits per heavy atom. The molecule has 140 valence electrons. The van der Waals surface area contributed by atoms with E-state index in [0.29, 0.717) is 24.8 Å². The van der Waals surface area contributed by atoms with Gasteiger partial charge in [0, 0.05) is 26.6 Å². The highest BCUT2D eigenvalue weighted by molar-refractivity contribution is 5.85. The van der Waals surface area contributed by atoms with E-state index < -0.39 is 0 Å². The molecule has 1 saturated carbocycles. The summed E-state index contributed by atoms with van der Waals surface area (Å²) < 4.78 is 5.49. The maximum atomic E-state index is 12.3. The average molecular weight is 370 g/mol. The van der Waals surface area contributed by atoms with Crippen LogP contribution in [0.5, 0.6) is 5.75 Å². The summed E-state index contributed by atoms with van der Waals surface area (Å²) in [4.78, 5) is 25.4. The molecule has 0 unspecified atom stereocenters. The molecule has 7 heteroatoms. The molecule has 1 aliphatic rings. The minimum atomic E-state index is -0.0947. The van der Waals surface area contributed by atoms with Gasteiger partial charge in [0.15, 0.2) is 6.61 Å². The van der Waals surface area contributed by atoms with Crippen molar-refractivity contribution in [1.29, 1.82) is 0 Å². The number of hydrogen-bond donors (Lipinski definition) is 2. The zero-order valence-corrected chi connectivity index (χ0v) is 15.7. The molecule has 0 spiro atoms. The molecule has 2 amide bonds. The monoisotopic (exact) mass is 369 g/mol. The smallest absolute Gasteiger partial charge is 0.259 e. The molecule has 1 aromatic carbocycles. The number of nitrogens with zero attached hydrogens (tertiary/aromatic N) is 1. The second kappa shape index (κ2) is 10.3. The van der Waals surface area contributed by atoms with Gasteiger partial charge >= 0.3 is 0 Å². The average Bonchev–Trinajstić information content (AvgIpc) is 3.06. The van der Waals surface area contributed by atoms with E-state index in [2.05, 4.69) is 5.32 Å². The highest BCUT2D eigenvalue weighted by Crippen LogP contribution is 2.31. The van der Waals surface area contributed by atoms with Crippen LogP contribution in [-0.2, 0) is 16.1 Å². The molecule has 1 aromatic rings. The van der Waals surface area contributed by atoms with Crippen LogP contribution in [0.25, 0.3) is 0 Å². The quantitative estimate of drug-likeness (QED) is 0.764. The molecule has 25 heavy (non-hydrogen) atoms. The summed E-state index contributed by atoms with van der Waals surface area (Å²) >= 11 is 0. The Labute approximate surface area is 155 Å². The molecule has 3 N–H and O–H groups in total. The summed E-state index contributed by atoms with van der Waals surface area (Å²) in [6, 6.07) is 7.43. The minimum absolute atomic E-state index is 0. The van der Waals surface area contributed by atoms with Crippen LogP contribution >= 0.6 is 12.4 Å². The van der Waals surface area contributed by atoms with Gasteiger partial charge in [-0.15, -0.1) is 12.4 Å². The summed E-state index contributed by atoms with van der Waals surface area (Å²) in [5, 5.41) is 2.99. The lowest BCUT2D eigenvalue weighted by atomic mass is 9.95. The zero-order chi connectivity index (χ0) is 17.5. The topological polar surface area (TPSA) is 84.7 Å². The largest absolute Gasteiger partial charge is 0.484 e. The third-order valence-corrected chi connectivity index (χ3v) is 4.52. The van der Waals surface area contributed by atoms with Crippen LogP contribution in [0.3, 0.4) is 0 Å². The van der Waals surface area contributed by atoms with Crippen molar-refractivity contribution in [1.82, 2.24) is 10.2 Å². The van der Waals surface area contributed by atoms with E-state index in [-0.39, 0.29) is 36.7 Å². The summed E-state index contributed by atoms with van der Waals surface area (Å²) in [5.41, 5.74) is 6.69. The van der Waals surface area contributed by atoms with Crippen LogP contribution in [0, 0.1) is 11.8 Å². The Morgan fingerprint density at radius 3 is 2.76 bits per heavy atom. The van der Waals surface area contributed by atoms with E-state index in [1.807, 2.05) is 18.2 Å². The standard InChI is InChI=1S/C18H27N3O3.ClH/c1-21(2)17(22)12-24-15-7-3-5-13(9-15)11-20-18(23)16-8-4-6-14(16)10-19;/h3,5,7,9,14,16H,4,6,8,10-12,19H2,1-2H3,(H,20,23);1H/t14-,16-;/m1./s1. The summed E-state index contributed by atoms with van der Waals surface area (Å²) in [6.45, 7) is 1.02. The molecule has 2 rings (SSSR count). The highest BCUT2D eigenvalue weighted by atomic mass is 35.5. The summed E-state index contributed by atoms with van der Waals surface area (Å²) in [5.74, 6) is 0.946. The zero-order valence-electron chi connectivity index (χ0n) is 14.9. The Morgan fingerprint density at radius 2 is 2.08 bits per heavy atom. The maximum Gasteiger partial charge on any atom is 0.259 e. The van der Waals surface area contributed by atoms with E-state index >= 15 is 0 Å². The molecule has 0 heterocycles. The molecule has 0 bridgehead atoms. The molecular formula is C18H28ClN3O3. The van der Waals surface area contributed by atoms with Gasteiger partial charge in [-0.1, -0.05) is 18.6 Å². The van der Waals surface area contributed by atoms with Gasteiger partial charge in [0.05, 0.1) is 0 Å². The molecule has 6 nitrogen and oxygen atoms in total. The second-order valence-electron chi connectivity index (χ2n) is 6.48. The van der Waals surface area contributed by atoms with Crippen molar-refractivity contribution in [2.45, 2.75) is 25.8 Å². The predicted molar refractivity (Wildman–Crippen MR) is 99.6 cm³/mol. The second-order valence-corrected chi connectivity index (χ2v) is 6.48. The maximum absolute atomic E-state index is 12.3. The first-order valence-corrected chi connectivity index (χ1v) is 8.41. The lowest BCUT2D eigenvalue weighted by molar-refractivity contribution is -0.130. The van der Waals surface area contributed by atoms with E-state index in [1.165, 1.54) is 4.90 Å². The summed E-state index contributed by atoms with van der Waals surface area (Å²) in [6.07, 6.45) is 3.03. The Kier molecular flexibility index (Phi) is 8.72. The number of nitrogens with one attached hydrogen (secondary N) is 1. The first-order chi connectivity index (χ1) is 11.5. The minimum Gasteiger partial charge on any atom is -0.484 e. The van der Waals surface area contributed by atoms with Crippen molar-refractivity contribution >= 4 is 24.2 Å². The molecule has 0 radical (unpaired) electrons. The van der Waals surface area contributed by atoms with Gasteiger partial charge in [-0.2, -0.15) is 0 Å². The number of rotatable bonds is 7. The number of amides is 2. The number of carbonyl (C=O) groups excluding carboxylic acids is 2. The fourth-order valence-electron chi connectivity index (χ4n) is 3.00. The molecule has 0 saturated heterocycles. The third kappa shape index (κ3) is 6.21. The van der Waals surface area contributed by atoms with Crippen molar-refractivity contribution in [3.63, 3.8) is 0 Å². The molecular weight excluding hydrogens is 342 g/mol. The number of halogens is 1. The number of ether oxygens (including phenoxy) is 1. The molecule has 1 aliphatic carbocycles. The first-order valence-electron chi connectivity index (χ1n) is 8.41. The third-order valence-electron chi connectivity index (χ3n) is 4.52. The van der Waals surface area contributed by atoms with Crippen LogP contribution in [-0.4, -0.2) is 44.0 Å². The number of benzene rings is 1. The number of likely N-dealkylation sites (N-methyl/N-ethyl adjacent to an activating group) is 1. The summed E-state index contributed by atoms with van der Waals surface area (Å²) in [7, 11) is 3.38. The Hall–Kier alpha value is -1.79. The van der Waals surface area contributed by atoms with Crippen LogP contribution in [0.1, 0.15) is 24.8 Å². The van der Waals surface area contributed by atoms with Crippen molar-refractivity contribution in [3.05, 3.63) is 29.8 Å². The van der Waals surface area contributed by atoms with Gasteiger partial charge in [-0.25, -0.2) is 0 Å². The van der Waals surface area contributed by atoms with E-state index in [4.69, 9.17) is 10.5 Å². The van der Waals surface area contributed by atoms with E-state index in [9.17, 15) is 9.59 Å². The Bertz CT molecular complexity index is 580. The number of carbonyl (C=O) groups is 2. The van der Waals surface area contributed by atoms with Crippen LogP contribution in [0.4, 0.5) is 0 Å². The molecule has 1 fully saturated rings. The van der Waals surface area contributed by atoms with Crippen molar-refractivity contribution in [3.8, 4) is 5.75 Å². The van der Waals surface area contributed by atoms with E-state index in [0.717, 1.165) is 24.8 Å². The van der Waals surface area contributed by atoms with Crippen LogP contribution in [0.15, 0.2) is 24.3 Å². The van der Waals surface area contributed by atoms with Gasteiger partial charge in [0.2, 0.25) is 5.91 Å². The van der Waals surface area contributed by atoms with Gasteiger partial charge in [-0.3, -0.25) is 9.59 Å². The normalized spacial score (nSPS) is 19.0. The van der Waals surface area contributed by atoms with Gasteiger partial charge in [0.1, 0.15) is 5.75 Å². The molecule has 0 aromatic heterocycles. The predicted octanol–water partition coefficient (Wildman–Crippen LogP) is 1.57. The number of nitrogens with two attached hydrogens (primary N) is 1. The Balaban J connectivity index is 0.00000312. The fourth-order valence-corrected chi connectivity index (χ4v) is 3.00. The van der Waals surface area contributed by atoms with E-state index in [1.54, 1.807) is 20.2 Å². The number of hydrogen-bond acceptors (Lipinski definition) is 4. The molecule has 2 atom stereocenters. The van der Waals surface area contributed by atoms with Crippen molar-refractivity contribution < 1.29 is 14.3 Å². The van der Waals surface area contributed by atoms with Crippen molar-refractivity contribution in [2.75, 3.05) is 27.2 Å².